The van der Waals surface area contributed by atoms with Crippen molar-refractivity contribution in [1.29, 1.82) is 0 Å². The zero-order valence-corrected chi connectivity index (χ0v) is 13.3. The van der Waals surface area contributed by atoms with Crippen LogP contribution >= 0.6 is 23.4 Å². The lowest BCUT2D eigenvalue weighted by molar-refractivity contribution is -0.149. The normalized spacial score (nSPS) is 14.2. The lowest BCUT2D eigenvalue weighted by Crippen LogP contribution is -2.32. The molecule has 1 aliphatic rings. The molecular formula is C15H18ClNO3S. The number of nitrogens with zero attached hydrogens (tertiary/aromatic N) is 1. The molecule has 0 unspecified atom stereocenters. The third kappa shape index (κ3) is 5.59. The van der Waals surface area contributed by atoms with E-state index in [-0.39, 0.29) is 24.2 Å². The Morgan fingerprint density at radius 2 is 1.86 bits per heavy atom. The second-order valence-electron chi connectivity index (χ2n) is 4.87. The smallest absolute Gasteiger partial charge is 0.316 e. The summed E-state index contributed by atoms with van der Waals surface area (Å²) < 4.78 is 5.00. The van der Waals surface area contributed by atoms with Gasteiger partial charge in [-0.25, -0.2) is 0 Å². The number of rotatable bonds is 6. The van der Waals surface area contributed by atoms with E-state index in [0.717, 1.165) is 31.5 Å². The fourth-order valence-corrected chi connectivity index (χ4v) is 2.98. The Labute approximate surface area is 133 Å². The van der Waals surface area contributed by atoms with Gasteiger partial charge in [0.2, 0.25) is 0 Å². The summed E-state index contributed by atoms with van der Waals surface area (Å²) in [5, 5.41) is 0.698. The number of carbonyl (C=O) groups is 2. The molecule has 1 aliphatic heterocycles. The molecule has 1 fully saturated rings. The summed E-state index contributed by atoms with van der Waals surface area (Å²) in [5.74, 6) is 0.521. The Morgan fingerprint density at radius 3 is 2.52 bits per heavy atom. The number of ether oxygens (including phenoxy) is 1. The van der Waals surface area contributed by atoms with Gasteiger partial charge in [-0.15, -0.1) is 11.8 Å². The number of likely N-dealkylation sites (tertiary alicyclic amines) is 1. The van der Waals surface area contributed by atoms with Gasteiger partial charge in [-0.2, -0.15) is 0 Å². The van der Waals surface area contributed by atoms with Crippen LogP contribution in [-0.2, 0) is 20.1 Å². The molecule has 1 aromatic rings. The van der Waals surface area contributed by atoms with Crippen molar-refractivity contribution in [3.63, 3.8) is 0 Å². The maximum absolute atomic E-state index is 11.7. The van der Waals surface area contributed by atoms with E-state index < -0.39 is 0 Å². The molecule has 21 heavy (non-hydrogen) atoms. The molecule has 6 heteroatoms. The molecule has 1 saturated heterocycles. The molecular weight excluding hydrogens is 310 g/mol. The number of benzene rings is 1. The minimum absolute atomic E-state index is 0.0939. The maximum atomic E-state index is 11.7. The second-order valence-corrected chi connectivity index (χ2v) is 6.29. The number of hydrogen-bond acceptors (Lipinski definition) is 4. The van der Waals surface area contributed by atoms with E-state index in [2.05, 4.69) is 0 Å². The molecule has 2 rings (SSSR count). The highest BCUT2D eigenvalue weighted by atomic mass is 35.5. The van der Waals surface area contributed by atoms with Crippen LogP contribution in [0.5, 0.6) is 0 Å². The van der Waals surface area contributed by atoms with Crippen LogP contribution in [0.15, 0.2) is 24.3 Å². The molecule has 0 bridgehead atoms. The minimum atomic E-state index is -0.346. The van der Waals surface area contributed by atoms with Gasteiger partial charge in [0, 0.05) is 23.9 Å². The molecule has 0 aromatic heterocycles. The van der Waals surface area contributed by atoms with E-state index in [1.807, 2.05) is 24.3 Å². The zero-order chi connectivity index (χ0) is 15.1. The average Bonchev–Trinajstić information content (AvgIpc) is 3.01. The maximum Gasteiger partial charge on any atom is 0.316 e. The Hall–Kier alpha value is -1.20. The molecule has 0 spiro atoms. The number of carbonyl (C=O) groups excluding carboxylic acids is 2. The van der Waals surface area contributed by atoms with Crippen molar-refractivity contribution < 1.29 is 14.3 Å². The molecule has 1 aromatic carbocycles. The number of amides is 1. The summed E-state index contributed by atoms with van der Waals surface area (Å²) in [6.45, 7) is 1.42. The van der Waals surface area contributed by atoms with E-state index >= 15 is 0 Å². The summed E-state index contributed by atoms with van der Waals surface area (Å²) in [6.07, 6.45) is 2.08. The van der Waals surface area contributed by atoms with Crippen molar-refractivity contribution >= 4 is 35.2 Å². The van der Waals surface area contributed by atoms with E-state index in [4.69, 9.17) is 16.3 Å². The first-order chi connectivity index (χ1) is 10.1. The van der Waals surface area contributed by atoms with Gasteiger partial charge in [-0.1, -0.05) is 23.7 Å². The fourth-order valence-electron chi connectivity index (χ4n) is 2.07. The topological polar surface area (TPSA) is 46.6 Å². The Bertz CT molecular complexity index is 486. The first kappa shape index (κ1) is 16.2. The summed E-state index contributed by atoms with van der Waals surface area (Å²) >= 11 is 7.27. The number of thioether (sulfide) groups is 1. The minimum Gasteiger partial charge on any atom is -0.455 e. The second kappa shape index (κ2) is 8.29. The highest BCUT2D eigenvalue weighted by molar-refractivity contribution is 7.99. The van der Waals surface area contributed by atoms with Gasteiger partial charge in [0.15, 0.2) is 6.61 Å². The lowest BCUT2D eigenvalue weighted by atomic mass is 10.2. The zero-order valence-electron chi connectivity index (χ0n) is 11.7. The predicted molar refractivity (Wildman–Crippen MR) is 84.4 cm³/mol. The molecule has 0 radical (unpaired) electrons. The highest BCUT2D eigenvalue weighted by Crippen LogP contribution is 2.15. The van der Waals surface area contributed by atoms with Crippen molar-refractivity contribution in [3.05, 3.63) is 34.9 Å². The third-order valence-corrected chi connectivity index (χ3v) is 4.45. The molecule has 0 aliphatic carbocycles. The monoisotopic (exact) mass is 327 g/mol. The molecule has 0 atom stereocenters. The van der Waals surface area contributed by atoms with E-state index in [1.165, 1.54) is 11.8 Å². The molecule has 1 amide bonds. The Balaban J connectivity index is 1.61. The van der Waals surface area contributed by atoms with Crippen LogP contribution in [0.25, 0.3) is 0 Å². The molecule has 114 valence electrons. The lowest BCUT2D eigenvalue weighted by Gasteiger charge is -2.14. The van der Waals surface area contributed by atoms with Gasteiger partial charge in [0.1, 0.15) is 0 Å². The van der Waals surface area contributed by atoms with E-state index in [9.17, 15) is 9.59 Å². The van der Waals surface area contributed by atoms with Crippen molar-refractivity contribution in [2.24, 2.45) is 0 Å². The number of esters is 1. The number of hydrogen-bond donors (Lipinski definition) is 0. The van der Waals surface area contributed by atoms with Crippen molar-refractivity contribution in [1.82, 2.24) is 4.90 Å². The van der Waals surface area contributed by atoms with E-state index in [0.29, 0.717) is 10.8 Å². The Morgan fingerprint density at radius 1 is 1.19 bits per heavy atom. The third-order valence-electron chi connectivity index (χ3n) is 3.22. The first-order valence-electron chi connectivity index (χ1n) is 6.91. The number of halogens is 1. The van der Waals surface area contributed by atoms with Crippen LogP contribution in [0.1, 0.15) is 18.4 Å². The van der Waals surface area contributed by atoms with Gasteiger partial charge < -0.3 is 9.64 Å². The summed E-state index contributed by atoms with van der Waals surface area (Å²) in [4.78, 5) is 25.0. The van der Waals surface area contributed by atoms with Crippen LogP contribution in [0.2, 0.25) is 5.02 Å². The highest BCUT2D eigenvalue weighted by Gasteiger charge is 2.18. The van der Waals surface area contributed by atoms with Crippen LogP contribution < -0.4 is 0 Å². The van der Waals surface area contributed by atoms with Crippen molar-refractivity contribution in [2.75, 3.05) is 25.4 Å². The van der Waals surface area contributed by atoms with E-state index in [1.54, 1.807) is 4.90 Å². The summed E-state index contributed by atoms with van der Waals surface area (Å²) in [5.41, 5.74) is 1.10. The largest absolute Gasteiger partial charge is 0.455 e. The van der Waals surface area contributed by atoms with Crippen LogP contribution in [0.4, 0.5) is 0 Å². The molecule has 0 saturated carbocycles. The predicted octanol–water partition coefficient (Wildman–Crippen LogP) is 2.74. The van der Waals surface area contributed by atoms with Gasteiger partial charge >= 0.3 is 5.97 Å². The first-order valence-corrected chi connectivity index (χ1v) is 8.44. The SMILES string of the molecule is O=C(CSCc1ccc(Cl)cc1)OCC(=O)N1CCCC1. The van der Waals surface area contributed by atoms with Gasteiger partial charge in [0.05, 0.1) is 5.75 Å². The molecule has 0 N–H and O–H groups in total. The Kier molecular flexibility index (Phi) is 6.39. The van der Waals surface area contributed by atoms with Crippen LogP contribution in [-0.4, -0.2) is 42.2 Å². The van der Waals surface area contributed by atoms with Gasteiger partial charge in [-0.3, -0.25) is 9.59 Å². The summed E-state index contributed by atoms with van der Waals surface area (Å²) in [7, 11) is 0. The molecule has 1 heterocycles. The fraction of sp³-hybridized carbons (Fsp3) is 0.467. The van der Waals surface area contributed by atoms with Crippen LogP contribution in [0.3, 0.4) is 0 Å². The van der Waals surface area contributed by atoms with Crippen molar-refractivity contribution in [3.8, 4) is 0 Å². The van der Waals surface area contributed by atoms with Crippen LogP contribution in [0, 0.1) is 0 Å². The average molecular weight is 328 g/mol. The molecule has 4 nitrogen and oxygen atoms in total. The van der Waals surface area contributed by atoms with Gasteiger partial charge in [0.25, 0.3) is 5.91 Å². The van der Waals surface area contributed by atoms with Gasteiger partial charge in [-0.05, 0) is 30.5 Å². The van der Waals surface area contributed by atoms with Crippen molar-refractivity contribution in [2.45, 2.75) is 18.6 Å². The quantitative estimate of drug-likeness (QED) is 0.754. The summed E-state index contributed by atoms with van der Waals surface area (Å²) in [6, 6.07) is 7.50. The standard InChI is InChI=1S/C15H18ClNO3S/c16-13-5-3-12(4-6-13)10-21-11-15(19)20-9-14(18)17-7-1-2-8-17/h3-6H,1-2,7-11H2.